The first-order chi connectivity index (χ1) is 11.7. The number of rotatable bonds is 6. The van der Waals surface area contributed by atoms with Gasteiger partial charge in [-0.05, 0) is 37.6 Å². The van der Waals surface area contributed by atoms with Crippen molar-refractivity contribution in [1.82, 2.24) is 5.32 Å². The summed E-state index contributed by atoms with van der Waals surface area (Å²) in [6, 6.07) is 14.2. The average Bonchev–Trinajstić information content (AvgIpc) is 3.13. The van der Waals surface area contributed by atoms with E-state index in [4.69, 9.17) is 9.47 Å². The fourth-order valence-electron chi connectivity index (χ4n) is 2.70. The van der Waals surface area contributed by atoms with E-state index in [1.807, 2.05) is 6.07 Å². The van der Waals surface area contributed by atoms with Crippen LogP contribution in [0.15, 0.2) is 48.5 Å². The third-order valence-electron chi connectivity index (χ3n) is 4.06. The molecule has 6 heteroatoms. The Hall–Kier alpha value is -2.24. The molecule has 1 aliphatic rings. The van der Waals surface area contributed by atoms with Crippen LogP contribution in [0.2, 0.25) is 0 Å². The molecule has 1 unspecified atom stereocenters. The van der Waals surface area contributed by atoms with Gasteiger partial charge in [-0.25, -0.2) is 4.79 Å². The van der Waals surface area contributed by atoms with Crippen LogP contribution in [0, 0.1) is 0 Å². The zero-order valence-corrected chi connectivity index (χ0v) is 14.6. The molecule has 0 aromatic heterocycles. The zero-order valence-electron chi connectivity index (χ0n) is 13.8. The van der Waals surface area contributed by atoms with Gasteiger partial charge in [-0.3, -0.25) is 0 Å². The number of phenolic OH excluding ortho intramolecular Hbond substituents is 1. The SMILES string of the molecule is Cl.O=C(OCC1CCCN1)c1ccccc1OCc1ccccc1O. The number of phenols is 1. The van der Waals surface area contributed by atoms with Crippen molar-refractivity contribution < 1.29 is 19.4 Å². The molecule has 1 heterocycles. The predicted molar refractivity (Wildman–Crippen MR) is 97.4 cm³/mol. The van der Waals surface area contributed by atoms with E-state index in [9.17, 15) is 9.90 Å². The number of ether oxygens (including phenoxy) is 2. The van der Waals surface area contributed by atoms with Crippen molar-refractivity contribution in [2.45, 2.75) is 25.5 Å². The maximum absolute atomic E-state index is 12.3. The van der Waals surface area contributed by atoms with Gasteiger partial charge in [-0.1, -0.05) is 30.3 Å². The molecular weight excluding hydrogens is 342 g/mol. The van der Waals surface area contributed by atoms with Gasteiger partial charge in [0.1, 0.15) is 30.3 Å². The first kappa shape index (κ1) is 19.1. The first-order valence-corrected chi connectivity index (χ1v) is 8.13. The molecule has 0 aliphatic carbocycles. The minimum atomic E-state index is -0.392. The van der Waals surface area contributed by atoms with E-state index in [2.05, 4.69) is 5.32 Å². The molecule has 0 amide bonds. The van der Waals surface area contributed by atoms with Gasteiger partial charge in [0.2, 0.25) is 0 Å². The number of esters is 1. The molecular formula is C19H22ClNO4. The topological polar surface area (TPSA) is 67.8 Å². The van der Waals surface area contributed by atoms with Gasteiger partial charge in [-0.2, -0.15) is 0 Å². The highest BCUT2D eigenvalue weighted by Gasteiger charge is 2.19. The fourth-order valence-corrected chi connectivity index (χ4v) is 2.70. The summed E-state index contributed by atoms with van der Waals surface area (Å²) in [6.45, 7) is 1.52. The normalized spacial score (nSPS) is 16.1. The van der Waals surface area contributed by atoms with Crippen molar-refractivity contribution in [3.05, 3.63) is 59.7 Å². The number of nitrogens with one attached hydrogen (secondary N) is 1. The fraction of sp³-hybridized carbons (Fsp3) is 0.316. The molecule has 134 valence electrons. The summed E-state index contributed by atoms with van der Waals surface area (Å²) in [5.74, 6) is 0.228. The van der Waals surface area contributed by atoms with Crippen molar-refractivity contribution >= 4 is 18.4 Å². The standard InChI is InChI=1S/C19H21NO4.ClH/c21-17-9-3-1-6-14(17)12-23-18-10-4-2-8-16(18)19(22)24-13-15-7-5-11-20-15;/h1-4,6,8-10,15,20-21H,5,7,11-13H2;1H. The van der Waals surface area contributed by atoms with Gasteiger partial charge in [-0.15, -0.1) is 12.4 Å². The Kier molecular flexibility index (Phi) is 7.10. The molecule has 0 radical (unpaired) electrons. The molecule has 3 rings (SSSR count). The Bertz CT molecular complexity index is 701. The highest BCUT2D eigenvalue weighted by molar-refractivity contribution is 5.92. The Labute approximate surface area is 153 Å². The molecule has 2 aromatic carbocycles. The lowest BCUT2D eigenvalue weighted by molar-refractivity contribution is 0.0468. The van der Waals surface area contributed by atoms with E-state index in [-0.39, 0.29) is 30.8 Å². The minimum Gasteiger partial charge on any atom is -0.508 e. The minimum absolute atomic E-state index is 0. The number of hydrogen-bond donors (Lipinski definition) is 2. The lowest BCUT2D eigenvalue weighted by atomic mass is 10.2. The van der Waals surface area contributed by atoms with E-state index >= 15 is 0 Å². The van der Waals surface area contributed by atoms with Crippen LogP contribution in [0.4, 0.5) is 0 Å². The van der Waals surface area contributed by atoms with E-state index in [0.29, 0.717) is 23.5 Å². The molecule has 0 spiro atoms. The van der Waals surface area contributed by atoms with Crippen molar-refractivity contribution in [1.29, 1.82) is 0 Å². The molecule has 0 bridgehead atoms. The smallest absolute Gasteiger partial charge is 0.341 e. The third-order valence-corrected chi connectivity index (χ3v) is 4.06. The van der Waals surface area contributed by atoms with Gasteiger partial charge in [0.25, 0.3) is 0 Å². The summed E-state index contributed by atoms with van der Waals surface area (Å²) in [7, 11) is 0. The van der Waals surface area contributed by atoms with E-state index in [1.165, 1.54) is 0 Å². The van der Waals surface area contributed by atoms with E-state index < -0.39 is 5.97 Å². The molecule has 5 nitrogen and oxygen atoms in total. The maximum Gasteiger partial charge on any atom is 0.341 e. The summed E-state index contributed by atoms with van der Waals surface area (Å²) in [6.07, 6.45) is 2.14. The zero-order chi connectivity index (χ0) is 16.8. The van der Waals surface area contributed by atoms with Gasteiger partial charge < -0.3 is 19.9 Å². The number of carbonyl (C=O) groups excluding carboxylic acids is 1. The van der Waals surface area contributed by atoms with Crippen molar-refractivity contribution in [3.63, 3.8) is 0 Å². The molecule has 1 aliphatic heterocycles. The molecule has 1 fully saturated rings. The quantitative estimate of drug-likeness (QED) is 0.771. The lowest BCUT2D eigenvalue weighted by Crippen LogP contribution is -2.28. The monoisotopic (exact) mass is 363 g/mol. The highest BCUT2D eigenvalue weighted by Crippen LogP contribution is 2.23. The lowest BCUT2D eigenvalue weighted by Gasteiger charge is -2.14. The summed E-state index contributed by atoms with van der Waals surface area (Å²) in [5, 5.41) is 13.1. The molecule has 2 aromatic rings. The number of carbonyl (C=O) groups is 1. The van der Waals surface area contributed by atoms with Crippen LogP contribution in [0.1, 0.15) is 28.8 Å². The van der Waals surface area contributed by atoms with Crippen LogP contribution in [-0.4, -0.2) is 30.3 Å². The second kappa shape index (κ2) is 9.30. The molecule has 0 saturated carbocycles. The second-order valence-corrected chi connectivity index (χ2v) is 5.81. The average molecular weight is 364 g/mol. The summed E-state index contributed by atoms with van der Waals surface area (Å²) < 4.78 is 11.1. The third kappa shape index (κ3) is 5.11. The molecule has 2 N–H and O–H groups in total. The number of benzene rings is 2. The number of para-hydroxylation sites is 2. The number of halogens is 1. The second-order valence-electron chi connectivity index (χ2n) is 5.81. The van der Waals surface area contributed by atoms with Gasteiger partial charge in [0.05, 0.1) is 0 Å². The molecule has 1 saturated heterocycles. The van der Waals surface area contributed by atoms with Crippen LogP contribution >= 0.6 is 12.4 Å². The summed E-state index contributed by atoms with van der Waals surface area (Å²) in [4.78, 5) is 12.3. The van der Waals surface area contributed by atoms with Gasteiger partial charge in [0.15, 0.2) is 0 Å². The van der Waals surface area contributed by atoms with Crippen molar-refractivity contribution in [2.24, 2.45) is 0 Å². The van der Waals surface area contributed by atoms with Crippen molar-refractivity contribution in [3.8, 4) is 11.5 Å². The Morgan fingerprint density at radius 2 is 1.92 bits per heavy atom. The van der Waals surface area contributed by atoms with Gasteiger partial charge in [0, 0.05) is 11.6 Å². The number of aromatic hydroxyl groups is 1. The number of hydrogen-bond acceptors (Lipinski definition) is 5. The summed E-state index contributed by atoms with van der Waals surface area (Å²) >= 11 is 0. The Balaban J connectivity index is 0.00000225. The van der Waals surface area contributed by atoms with Gasteiger partial charge >= 0.3 is 5.97 Å². The highest BCUT2D eigenvalue weighted by atomic mass is 35.5. The predicted octanol–water partition coefficient (Wildman–Crippen LogP) is 3.30. The van der Waals surface area contributed by atoms with E-state index in [0.717, 1.165) is 19.4 Å². The van der Waals surface area contributed by atoms with Crippen LogP contribution in [0.5, 0.6) is 11.5 Å². The van der Waals surface area contributed by atoms with Crippen LogP contribution in [-0.2, 0) is 11.3 Å². The first-order valence-electron chi connectivity index (χ1n) is 8.13. The molecule has 25 heavy (non-hydrogen) atoms. The Morgan fingerprint density at radius 1 is 1.16 bits per heavy atom. The largest absolute Gasteiger partial charge is 0.508 e. The van der Waals surface area contributed by atoms with Crippen LogP contribution in [0.3, 0.4) is 0 Å². The van der Waals surface area contributed by atoms with E-state index in [1.54, 1.807) is 42.5 Å². The van der Waals surface area contributed by atoms with Crippen LogP contribution < -0.4 is 10.1 Å². The Morgan fingerprint density at radius 3 is 2.68 bits per heavy atom. The molecule has 1 atom stereocenters. The van der Waals surface area contributed by atoms with Crippen molar-refractivity contribution in [2.75, 3.05) is 13.2 Å². The maximum atomic E-state index is 12.3. The summed E-state index contributed by atoms with van der Waals surface area (Å²) in [5.41, 5.74) is 1.06. The van der Waals surface area contributed by atoms with Crippen LogP contribution in [0.25, 0.3) is 0 Å².